The second-order valence-corrected chi connectivity index (χ2v) is 2.65. The third-order valence-corrected chi connectivity index (χ3v) is 1.88. The van der Waals surface area contributed by atoms with Crippen molar-refractivity contribution < 1.29 is 0 Å². The van der Waals surface area contributed by atoms with Gasteiger partial charge in [0, 0.05) is 11.8 Å². The van der Waals surface area contributed by atoms with Crippen molar-refractivity contribution in [1.82, 2.24) is 10.2 Å². The zero-order valence-electron chi connectivity index (χ0n) is 6.25. The molecule has 1 N–H and O–H groups in total. The van der Waals surface area contributed by atoms with Crippen molar-refractivity contribution in [3.8, 4) is 0 Å². The Hall–Kier alpha value is -1.31. The molecule has 0 radical (unpaired) electrons. The Balaban J connectivity index is 2.29. The van der Waals surface area contributed by atoms with E-state index in [1.54, 1.807) is 0 Å². The fourth-order valence-corrected chi connectivity index (χ4v) is 1.27. The first-order valence-electron chi connectivity index (χ1n) is 3.81. The number of nitrogens with one attached hydrogen (secondary N) is 1. The van der Waals surface area contributed by atoms with Crippen LogP contribution in [0.4, 0.5) is 0 Å². The molecule has 2 rings (SSSR count). The predicted molar refractivity (Wildman–Crippen MR) is 44.9 cm³/mol. The Labute approximate surface area is 65.6 Å². The molecule has 1 heterocycles. The molecular formula is C9H10N2. The van der Waals surface area contributed by atoms with Crippen LogP contribution < -0.4 is 0 Å². The first-order valence-corrected chi connectivity index (χ1v) is 3.81. The maximum absolute atomic E-state index is 3.91. The van der Waals surface area contributed by atoms with Gasteiger partial charge in [-0.1, -0.05) is 18.2 Å². The highest BCUT2D eigenvalue weighted by Crippen LogP contribution is 2.21. The zero-order chi connectivity index (χ0) is 7.52. The van der Waals surface area contributed by atoms with Crippen LogP contribution in [0.3, 0.4) is 0 Å². The van der Waals surface area contributed by atoms with Gasteiger partial charge in [-0.15, -0.1) is 0 Å². The molecule has 0 saturated heterocycles. The second kappa shape index (κ2) is 2.74. The fourth-order valence-electron chi connectivity index (χ4n) is 1.27. The van der Waals surface area contributed by atoms with Crippen LogP contribution in [0.1, 0.15) is 18.4 Å². The first-order chi connectivity index (χ1) is 5.47. The Morgan fingerprint density at radius 1 is 1.45 bits per heavy atom. The van der Waals surface area contributed by atoms with Gasteiger partial charge >= 0.3 is 0 Å². The lowest BCUT2D eigenvalue weighted by molar-refractivity contribution is 1.05. The Bertz CT molecular complexity index is 281. The van der Waals surface area contributed by atoms with Crippen LogP contribution in [-0.2, 0) is 0 Å². The van der Waals surface area contributed by atoms with E-state index in [0.717, 1.165) is 12.8 Å². The van der Waals surface area contributed by atoms with Crippen LogP contribution in [0.25, 0.3) is 5.57 Å². The summed E-state index contributed by atoms with van der Waals surface area (Å²) in [4.78, 5) is 0. The minimum absolute atomic E-state index is 1.13. The zero-order valence-corrected chi connectivity index (χ0v) is 6.25. The number of hydrogen-bond donors (Lipinski definition) is 1. The highest BCUT2D eigenvalue weighted by Gasteiger charge is 2.02. The van der Waals surface area contributed by atoms with E-state index in [9.17, 15) is 0 Å². The van der Waals surface area contributed by atoms with Crippen LogP contribution in [0.2, 0.25) is 0 Å². The lowest BCUT2D eigenvalue weighted by atomic mass is 10.0. The fraction of sp³-hybridized carbons (Fsp3) is 0.222. The van der Waals surface area contributed by atoms with E-state index in [1.807, 2.05) is 12.4 Å². The molecular weight excluding hydrogens is 136 g/mol. The minimum atomic E-state index is 1.13. The highest BCUT2D eigenvalue weighted by molar-refractivity contribution is 5.66. The summed E-state index contributed by atoms with van der Waals surface area (Å²) in [5.41, 5.74) is 2.59. The van der Waals surface area contributed by atoms with Gasteiger partial charge in [0.05, 0.1) is 6.20 Å². The predicted octanol–water partition coefficient (Wildman–Crippen LogP) is 2.14. The molecule has 11 heavy (non-hydrogen) atoms. The Kier molecular flexibility index (Phi) is 1.60. The molecule has 0 amide bonds. The summed E-state index contributed by atoms with van der Waals surface area (Å²) < 4.78 is 0. The van der Waals surface area contributed by atoms with E-state index in [2.05, 4.69) is 28.4 Å². The molecule has 2 heteroatoms. The van der Waals surface area contributed by atoms with Gasteiger partial charge in [-0.25, -0.2) is 0 Å². The largest absolute Gasteiger partial charge is 0.285 e. The SMILES string of the molecule is C1=CCCC(c2cn[nH]c2)=C1. The number of rotatable bonds is 1. The van der Waals surface area contributed by atoms with Crippen LogP contribution >= 0.6 is 0 Å². The quantitative estimate of drug-likeness (QED) is 0.646. The van der Waals surface area contributed by atoms with Gasteiger partial charge in [-0.2, -0.15) is 5.10 Å². The summed E-state index contributed by atoms with van der Waals surface area (Å²) in [7, 11) is 0. The van der Waals surface area contributed by atoms with Crippen LogP contribution in [0, 0.1) is 0 Å². The molecule has 0 spiro atoms. The van der Waals surface area contributed by atoms with E-state index < -0.39 is 0 Å². The number of aromatic amines is 1. The van der Waals surface area contributed by atoms with E-state index in [-0.39, 0.29) is 0 Å². The number of hydrogen-bond acceptors (Lipinski definition) is 1. The van der Waals surface area contributed by atoms with Gasteiger partial charge in [-0.3, -0.25) is 5.10 Å². The average Bonchev–Trinajstić information content (AvgIpc) is 2.58. The molecule has 2 nitrogen and oxygen atoms in total. The molecule has 1 aliphatic carbocycles. The number of H-pyrrole nitrogens is 1. The van der Waals surface area contributed by atoms with Crippen molar-refractivity contribution in [2.45, 2.75) is 12.8 Å². The molecule has 0 aromatic carbocycles. The monoisotopic (exact) mass is 146 g/mol. The minimum Gasteiger partial charge on any atom is -0.285 e. The maximum Gasteiger partial charge on any atom is 0.0562 e. The van der Waals surface area contributed by atoms with Gasteiger partial charge in [0.15, 0.2) is 0 Å². The van der Waals surface area contributed by atoms with Gasteiger partial charge in [-0.05, 0) is 18.4 Å². The van der Waals surface area contributed by atoms with Crippen molar-refractivity contribution in [2.75, 3.05) is 0 Å². The highest BCUT2D eigenvalue weighted by atomic mass is 15.1. The summed E-state index contributed by atoms with van der Waals surface area (Å²) in [6.45, 7) is 0. The molecule has 0 saturated carbocycles. The van der Waals surface area contributed by atoms with Gasteiger partial charge in [0.2, 0.25) is 0 Å². The summed E-state index contributed by atoms with van der Waals surface area (Å²) in [6.07, 6.45) is 12.5. The average molecular weight is 146 g/mol. The van der Waals surface area contributed by atoms with Crippen molar-refractivity contribution in [2.24, 2.45) is 0 Å². The van der Waals surface area contributed by atoms with Crippen molar-refractivity contribution in [1.29, 1.82) is 0 Å². The summed E-state index contributed by atoms with van der Waals surface area (Å²) in [5, 5.41) is 6.72. The smallest absolute Gasteiger partial charge is 0.0562 e. The van der Waals surface area contributed by atoms with E-state index >= 15 is 0 Å². The van der Waals surface area contributed by atoms with Gasteiger partial charge < -0.3 is 0 Å². The number of allylic oxidation sites excluding steroid dienone is 4. The third-order valence-electron chi connectivity index (χ3n) is 1.88. The first kappa shape index (κ1) is 6.40. The normalized spacial score (nSPS) is 16.5. The standard InChI is InChI=1S/C9H10N2/c1-2-4-8(5-3-1)9-6-10-11-7-9/h1-2,4,6-7H,3,5H2,(H,10,11). The van der Waals surface area contributed by atoms with Crippen molar-refractivity contribution >= 4 is 5.57 Å². The van der Waals surface area contributed by atoms with E-state index in [1.165, 1.54) is 11.1 Å². The summed E-state index contributed by atoms with van der Waals surface area (Å²) >= 11 is 0. The molecule has 0 atom stereocenters. The third kappa shape index (κ3) is 1.24. The van der Waals surface area contributed by atoms with E-state index in [4.69, 9.17) is 0 Å². The molecule has 0 fully saturated rings. The Morgan fingerprint density at radius 2 is 2.45 bits per heavy atom. The molecule has 0 unspecified atom stereocenters. The molecule has 0 aliphatic heterocycles. The second-order valence-electron chi connectivity index (χ2n) is 2.65. The van der Waals surface area contributed by atoms with Crippen molar-refractivity contribution in [3.63, 3.8) is 0 Å². The summed E-state index contributed by atoms with van der Waals surface area (Å²) in [5.74, 6) is 0. The van der Waals surface area contributed by atoms with Crippen LogP contribution in [0.5, 0.6) is 0 Å². The Morgan fingerprint density at radius 3 is 3.09 bits per heavy atom. The van der Waals surface area contributed by atoms with Gasteiger partial charge in [0.25, 0.3) is 0 Å². The molecule has 1 aromatic rings. The lowest BCUT2D eigenvalue weighted by Gasteiger charge is -2.04. The molecule has 0 bridgehead atoms. The van der Waals surface area contributed by atoms with E-state index in [0.29, 0.717) is 0 Å². The van der Waals surface area contributed by atoms with Crippen molar-refractivity contribution in [3.05, 3.63) is 36.2 Å². The molecule has 1 aromatic heterocycles. The molecule has 1 aliphatic rings. The van der Waals surface area contributed by atoms with Crippen LogP contribution in [-0.4, -0.2) is 10.2 Å². The number of aromatic nitrogens is 2. The van der Waals surface area contributed by atoms with Gasteiger partial charge in [0.1, 0.15) is 0 Å². The molecule has 56 valence electrons. The topological polar surface area (TPSA) is 28.7 Å². The number of nitrogens with zero attached hydrogens (tertiary/aromatic N) is 1. The lowest BCUT2D eigenvalue weighted by Crippen LogP contribution is -1.84. The summed E-state index contributed by atoms with van der Waals surface area (Å²) in [6, 6.07) is 0. The van der Waals surface area contributed by atoms with Crippen LogP contribution in [0.15, 0.2) is 30.6 Å². The maximum atomic E-state index is 3.91.